The van der Waals surface area contributed by atoms with Crippen LogP contribution in [0.2, 0.25) is 0 Å². The molecule has 0 saturated carbocycles. The highest BCUT2D eigenvalue weighted by Gasteiger charge is 2.11. The summed E-state index contributed by atoms with van der Waals surface area (Å²) in [6.07, 6.45) is 1.55. The van der Waals surface area contributed by atoms with Crippen LogP contribution in [0.4, 0.5) is 10.1 Å². The molecule has 0 fully saturated rings. The SMILES string of the molecule is C[C@@H](NC(=O)CNc1ccccc1F)c1ccco1. The zero-order valence-corrected chi connectivity index (χ0v) is 10.5. The van der Waals surface area contributed by atoms with E-state index in [0.29, 0.717) is 11.4 Å². The Balaban J connectivity index is 1.84. The Labute approximate surface area is 110 Å². The number of hydrogen-bond donors (Lipinski definition) is 2. The van der Waals surface area contributed by atoms with Crippen molar-refractivity contribution in [2.24, 2.45) is 0 Å². The molecule has 0 bridgehead atoms. The molecule has 100 valence electrons. The lowest BCUT2D eigenvalue weighted by atomic mass is 10.2. The third kappa shape index (κ3) is 3.58. The number of carbonyl (C=O) groups excluding carboxylic acids is 1. The van der Waals surface area contributed by atoms with Gasteiger partial charge in [0.25, 0.3) is 0 Å². The number of amides is 1. The Morgan fingerprint density at radius 1 is 1.32 bits per heavy atom. The van der Waals surface area contributed by atoms with Crippen molar-refractivity contribution in [1.82, 2.24) is 5.32 Å². The highest BCUT2D eigenvalue weighted by molar-refractivity contribution is 5.81. The fraction of sp³-hybridized carbons (Fsp3) is 0.214. The largest absolute Gasteiger partial charge is 0.467 e. The number of rotatable bonds is 5. The lowest BCUT2D eigenvalue weighted by molar-refractivity contribution is -0.120. The van der Waals surface area contributed by atoms with Crippen LogP contribution in [-0.2, 0) is 4.79 Å². The van der Waals surface area contributed by atoms with Crippen molar-refractivity contribution < 1.29 is 13.6 Å². The first kappa shape index (κ1) is 13.1. The minimum absolute atomic E-state index is 0.00593. The summed E-state index contributed by atoms with van der Waals surface area (Å²) in [4.78, 5) is 11.7. The number of furan rings is 1. The fourth-order valence-electron chi connectivity index (χ4n) is 1.68. The average Bonchev–Trinajstić information content (AvgIpc) is 2.91. The van der Waals surface area contributed by atoms with Gasteiger partial charge in [0.05, 0.1) is 24.5 Å². The molecule has 2 N–H and O–H groups in total. The smallest absolute Gasteiger partial charge is 0.239 e. The number of anilines is 1. The highest BCUT2D eigenvalue weighted by atomic mass is 19.1. The molecule has 1 aromatic heterocycles. The first-order valence-electron chi connectivity index (χ1n) is 5.98. The monoisotopic (exact) mass is 262 g/mol. The Hall–Kier alpha value is -2.30. The lowest BCUT2D eigenvalue weighted by Crippen LogP contribution is -2.32. The van der Waals surface area contributed by atoms with E-state index in [4.69, 9.17) is 4.42 Å². The molecule has 5 heteroatoms. The molecule has 1 atom stereocenters. The zero-order valence-electron chi connectivity index (χ0n) is 10.5. The number of para-hydroxylation sites is 1. The molecular formula is C14H15FN2O2. The minimum atomic E-state index is -0.380. The van der Waals surface area contributed by atoms with Gasteiger partial charge >= 0.3 is 0 Å². The topological polar surface area (TPSA) is 54.3 Å². The second-order valence-corrected chi connectivity index (χ2v) is 4.14. The third-order valence-corrected chi connectivity index (χ3v) is 2.66. The summed E-state index contributed by atoms with van der Waals surface area (Å²) < 4.78 is 18.5. The van der Waals surface area contributed by atoms with Crippen molar-refractivity contribution in [3.8, 4) is 0 Å². The summed E-state index contributed by atoms with van der Waals surface area (Å²) in [7, 11) is 0. The van der Waals surface area contributed by atoms with Crippen LogP contribution in [0.5, 0.6) is 0 Å². The molecule has 1 amide bonds. The van der Waals surface area contributed by atoms with E-state index in [2.05, 4.69) is 10.6 Å². The van der Waals surface area contributed by atoms with Gasteiger partial charge in [-0.2, -0.15) is 0 Å². The van der Waals surface area contributed by atoms with E-state index in [9.17, 15) is 9.18 Å². The summed E-state index contributed by atoms with van der Waals surface area (Å²) in [5.41, 5.74) is 0.309. The molecule has 2 rings (SSSR count). The molecule has 1 heterocycles. The number of benzene rings is 1. The van der Waals surface area contributed by atoms with E-state index in [0.717, 1.165) is 0 Å². The van der Waals surface area contributed by atoms with Crippen molar-refractivity contribution in [2.75, 3.05) is 11.9 Å². The molecular weight excluding hydrogens is 247 g/mol. The van der Waals surface area contributed by atoms with Crippen LogP contribution in [0.1, 0.15) is 18.7 Å². The van der Waals surface area contributed by atoms with E-state index >= 15 is 0 Å². The van der Waals surface area contributed by atoms with Gasteiger partial charge in [0.2, 0.25) is 5.91 Å². The average molecular weight is 262 g/mol. The zero-order chi connectivity index (χ0) is 13.7. The molecule has 0 aliphatic carbocycles. The lowest BCUT2D eigenvalue weighted by Gasteiger charge is -2.12. The van der Waals surface area contributed by atoms with Crippen LogP contribution in [0.3, 0.4) is 0 Å². The van der Waals surface area contributed by atoms with Gasteiger partial charge < -0.3 is 15.1 Å². The number of hydrogen-bond acceptors (Lipinski definition) is 3. The van der Waals surface area contributed by atoms with Crippen LogP contribution in [-0.4, -0.2) is 12.5 Å². The summed E-state index contributed by atoms with van der Waals surface area (Å²) in [6.45, 7) is 1.83. The molecule has 0 spiro atoms. The van der Waals surface area contributed by atoms with Gasteiger partial charge in [-0.3, -0.25) is 4.79 Å². The molecule has 1 aromatic carbocycles. The molecule has 0 aliphatic heterocycles. The summed E-state index contributed by atoms with van der Waals surface area (Å²) in [5, 5.41) is 5.50. The predicted octanol–water partition coefficient (Wildman–Crippen LogP) is 2.71. The Bertz CT molecular complexity index is 540. The minimum Gasteiger partial charge on any atom is -0.467 e. The summed E-state index contributed by atoms with van der Waals surface area (Å²) in [5.74, 6) is 0.0702. The Morgan fingerprint density at radius 3 is 2.79 bits per heavy atom. The Kier molecular flexibility index (Phi) is 4.18. The summed E-state index contributed by atoms with van der Waals surface area (Å²) >= 11 is 0. The van der Waals surface area contributed by atoms with Gasteiger partial charge in [-0.05, 0) is 31.2 Å². The molecule has 0 saturated heterocycles. The van der Waals surface area contributed by atoms with E-state index in [-0.39, 0.29) is 24.3 Å². The van der Waals surface area contributed by atoms with Crippen LogP contribution in [0, 0.1) is 5.82 Å². The van der Waals surface area contributed by atoms with Gasteiger partial charge in [0.15, 0.2) is 0 Å². The molecule has 19 heavy (non-hydrogen) atoms. The van der Waals surface area contributed by atoms with Crippen molar-refractivity contribution in [1.29, 1.82) is 0 Å². The number of halogens is 1. The second kappa shape index (κ2) is 6.04. The quantitative estimate of drug-likeness (QED) is 0.871. The maximum Gasteiger partial charge on any atom is 0.239 e. The van der Waals surface area contributed by atoms with Crippen LogP contribution in [0.15, 0.2) is 47.1 Å². The van der Waals surface area contributed by atoms with Gasteiger partial charge in [0.1, 0.15) is 11.6 Å². The summed E-state index contributed by atoms with van der Waals surface area (Å²) in [6, 6.07) is 9.55. The molecule has 0 aliphatic rings. The molecule has 0 radical (unpaired) electrons. The van der Waals surface area contributed by atoms with Crippen LogP contribution in [0.25, 0.3) is 0 Å². The maximum absolute atomic E-state index is 13.3. The predicted molar refractivity (Wildman–Crippen MR) is 70.2 cm³/mol. The maximum atomic E-state index is 13.3. The highest BCUT2D eigenvalue weighted by Crippen LogP contribution is 2.13. The molecule has 4 nitrogen and oxygen atoms in total. The van der Waals surface area contributed by atoms with E-state index < -0.39 is 0 Å². The normalized spacial score (nSPS) is 11.9. The van der Waals surface area contributed by atoms with Crippen molar-refractivity contribution in [2.45, 2.75) is 13.0 Å². The first-order valence-corrected chi connectivity index (χ1v) is 5.98. The van der Waals surface area contributed by atoms with E-state index in [1.54, 1.807) is 36.6 Å². The van der Waals surface area contributed by atoms with Crippen LogP contribution < -0.4 is 10.6 Å². The van der Waals surface area contributed by atoms with Crippen LogP contribution >= 0.6 is 0 Å². The molecule has 0 unspecified atom stereocenters. The number of nitrogens with one attached hydrogen (secondary N) is 2. The van der Waals surface area contributed by atoms with Gasteiger partial charge in [0, 0.05) is 0 Å². The second-order valence-electron chi connectivity index (χ2n) is 4.14. The van der Waals surface area contributed by atoms with E-state index in [1.165, 1.54) is 6.07 Å². The standard InChI is InChI=1S/C14H15FN2O2/c1-10(13-7-4-8-19-13)17-14(18)9-16-12-6-3-2-5-11(12)15/h2-8,10,16H,9H2,1H3,(H,17,18)/t10-/m1/s1. The first-order chi connectivity index (χ1) is 9.16. The van der Waals surface area contributed by atoms with Crippen molar-refractivity contribution in [3.63, 3.8) is 0 Å². The fourth-order valence-corrected chi connectivity index (χ4v) is 1.68. The number of carbonyl (C=O) groups is 1. The van der Waals surface area contributed by atoms with Crippen molar-refractivity contribution >= 4 is 11.6 Å². The van der Waals surface area contributed by atoms with Gasteiger partial charge in [-0.15, -0.1) is 0 Å². The van der Waals surface area contributed by atoms with Gasteiger partial charge in [-0.1, -0.05) is 12.1 Å². The van der Waals surface area contributed by atoms with Gasteiger partial charge in [-0.25, -0.2) is 4.39 Å². The third-order valence-electron chi connectivity index (χ3n) is 2.66. The molecule has 2 aromatic rings. The Morgan fingerprint density at radius 2 is 2.11 bits per heavy atom. The van der Waals surface area contributed by atoms with E-state index in [1.807, 2.05) is 6.92 Å². The van der Waals surface area contributed by atoms with Crippen molar-refractivity contribution in [3.05, 3.63) is 54.2 Å².